The summed E-state index contributed by atoms with van der Waals surface area (Å²) in [5, 5.41) is 4.89. The van der Waals surface area contributed by atoms with Crippen molar-refractivity contribution < 1.29 is 13.2 Å². The Balaban J connectivity index is 1.50. The highest BCUT2D eigenvalue weighted by atomic mass is 32.2. The predicted octanol–water partition coefficient (Wildman–Crippen LogP) is 3.42. The Bertz CT molecular complexity index is 901. The molecule has 2 heterocycles. The minimum atomic E-state index is -3.17. The number of benzene rings is 1. The first-order valence-corrected chi connectivity index (χ1v) is 11.0. The summed E-state index contributed by atoms with van der Waals surface area (Å²) in [5.74, 6) is 0.121. The van der Waals surface area contributed by atoms with Crippen LogP contribution in [0.15, 0.2) is 29.6 Å². The van der Waals surface area contributed by atoms with E-state index in [1.165, 1.54) is 21.2 Å². The summed E-state index contributed by atoms with van der Waals surface area (Å²) in [6, 6.07) is 7.03. The number of hydrogen-bond acceptors (Lipinski definition) is 4. The number of thiophene rings is 1. The number of aryl methyl sites for hydroxylation is 1. The lowest BCUT2D eigenvalue weighted by Crippen LogP contribution is -2.25. The Morgan fingerprint density at radius 3 is 2.56 bits per heavy atom. The maximum absolute atomic E-state index is 12.6. The molecule has 25 heavy (non-hydrogen) atoms. The van der Waals surface area contributed by atoms with E-state index in [9.17, 15) is 13.2 Å². The Labute approximate surface area is 151 Å². The Hall–Kier alpha value is -1.86. The van der Waals surface area contributed by atoms with E-state index in [1.807, 2.05) is 5.38 Å². The highest BCUT2D eigenvalue weighted by molar-refractivity contribution is 7.93. The predicted molar refractivity (Wildman–Crippen MR) is 101 cm³/mol. The molecule has 2 aromatic rings. The lowest BCUT2D eigenvalue weighted by atomic mass is 9.95. The van der Waals surface area contributed by atoms with Gasteiger partial charge in [0.05, 0.1) is 17.0 Å². The molecule has 1 N–H and O–H groups in total. The van der Waals surface area contributed by atoms with Crippen molar-refractivity contribution in [1.29, 1.82) is 0 Å². The number of sulfonamides is 1. The van der Waals surface area contributed by atoms with Gasteiger partial charge >= 0.3 is 0 Å². The summed E-state index contributed by atoms with van der Waals surface area (Å²) in [6.45, 7) is 0.523. The largest absolute Gasteiger partial charge is 0.322 e. The summed E-state index contributed by atoms with van der Waals surface area (Å²) in [7, 11) is -3.17. The van der Waals surface area contributed by atoms with Gasteiger partial charge in [-0.1, -0.05) is 0 Å². The van der Waals surface area contributed by atoms with E-state index in [1.54, 1.807) is 35.6 Å². The molecule has 0 saturated carbocycles. The van der Waals surface area contributed by atoms with Crippen LogP contribution in [0.3, 0.4) is 0 Å². The molecule has 0 unspecified atom stereocenters. The number of rotatable bonds is 3. The minimum absolute atomic E-state index is 0.0825. The quantitative estimate of drug-likeness (QED) is 0.893. The van der Waals surface area contributed by atoms with Crippen LogP contribution in [0.1, 0.15) is 40.1 Å². The number of anilines is 2. The summed E-state index contributed by atoms with van der Waals surface area (Å²) in [4.78, 5) is 13.9. The van der Waals surface area contributed by atoms with E-state index >= 15 is 0 Å². The zero-order valence-corrected chi connectivity index (χ0v) is 15.5. The van der Waals surface area contributed by atoms with Gasteiger partial charge in [0, 0.05) is 22.5 Å². The fourth-order valence-corrected chi connectivity index (χ4v) is 6.21. The van der Waals surface area contributed by atoms with Crippen molar-refractivity contribution in [3.63, 3.8) is 0 Å². The van der Waals surface area contributed by atoms with Crippen molar-refractivity contribution in [3.05, 3.63) is 45.6 Å². The number of fused-ring (bicyclic) bond motifs is 1. The molecule has 1 aromatic heterocycles. The van der Waals surface area contributed by atoms with E-state index < -0.39 is 10.0 Å². The molecule has 0 radical (unpaired) electrons. The van der Waals surface area contributed by atoms with Crippen LogP contribution in [0.5, 0.6) is 0 Å². The first kappa shape index (κ1) is 16.6. The zero-order chi connectivity index (χ0) is 17.4. The smallest absolute Gasteiger partial charge is 0.256 e. The maximum atomic E-state index is 12.6. The Morgan fingerprint density at radius 2 is 1.84 bits per heavy atom. The fourth-order valence-electron chi connectivity index (χ4n) is 3.52. The lowest BCUT2D eigenvalue weighted by Gasteiger charge is -2.17. The van der Waals surface area contributed by atoms with Crippen molar-refractivity contribution in [1.82, 2.24) is 0 Å². The normalized spacial score (nSPS) is 18.8. The molecular formula is C18H20N2O3S2. The molecule has 1 aromatic carbocycles. The molecule has 7 heteroatoms. The minimum Gasteiger partial charge on any atom is -0.322 e. The number of carbonyl (C=O) groups excluding carboxylic acids is 1. The molecule has 2 aliphatic rings. The van der Waals surface area contributed by atoms with Crippen LogP contribution >= 0.6 is 11.3 Å². The Morgan fingerprint density at radius 1 is 1.08 bits per heavy atom. The SMILES string of the molecule is O=C(Nc1ccc(N2CCCS2(=O)=O)cc1)c1csc2c1CCCC2. The van der Waals surface area contributed by atoms with E-state index in [4.69, 9.17) is 0 Å². The van der Waals surface area contributed by atoms with Gasteiger partial charge in [-0.15, -0.1) is 11.3 Å². The monoisotopic (exact) mass is 376 g/mol. The van der Waals surface area contributed by atoms with Gasteiger partial charge in [-0.3, -0.25) is 9.10 Å². The molecule has 0 bridgehead atoms. The summed E-state index contributed by atoms with van der Waals surface area (Å²) >= 11 is 1.68. The average Bonchev–Trinajstić information content (AvgIpc) is 3.18. The summed E-state index contributed by atoms with van der Waals surface area (Å²) < 4.78 is 25.4. The van der Waals surface area contributed by atoms with Gasteiger partial charge in [-0.05, 0) is 61.9 Å². The lowest BCUT2D eigenvalue weighted by molar-refractivity contribution is 0.102. The molecule has 5 nitrogen and oxygen atoms in total. The standard InChI is InChI=1S/C18H20N2O3S2/c21-18(16-12-24-17-5-2-1-4-15(16)17)19-13-6-8-14(9-7-13)20-10-3-11-25(20,22)23/h6-9,12H,1-5,10-11H2,(H,19,21). The third kappa shape index (κ3) is 3.18. The van der Waals surface area contributed by atoms with Crippen molar-refractivity contribution in [2.45, 2.75) is 32.1 Å². The molecule has 132 valence electrons. The molecule has 4 rings (SSSR count). The van der Waals surface area contributed by atoms with Crippen LogP contribution in [0.2, 0.25) is 0 Å². The molecular weight excluding hydrogens is 356 g/mol. The van der Waals surface area contributed by atoms with Gasteiger partial charge in [-0.2, -0.15) is 0 Å². The van der Waals surface area contributed by atoms with Crippen molar-refractivity contribution in [2.24, 2.45) is 0 Å². The summed E-state index contributed by atoms with van der Waals surface area (Å²) in [6.07, 6.45) is 5.06. The second-order valence-electron chi connectivity index (χ2n) is 6.50. The van der Waals surface area contributed by atoms with Gasteiger partial charge in [0.1, 0.15) is 0 Å². The number of nitrogens with zero attached hydrogens (tertiary/aromatic N) is 1. The third-order valence-corrected chi connectivity index (χ3v) is 7.78. The molecule has 1 aliphatic carbocycles. The van der Waals surface area contributed by atoms with Crippen molar-refractivity contribution in [3.8, 4) is 0 Å². The van der Waals surface area contributed by atoms with E-state index in [2.05, 4.69) is 5.32 Å². The van der Waals surface area contributed by atoms with Crippen LogP contribution < -0.4 is 9.62 Å². The van der Waals surface area contributed by atoms with Crippen LogP contribution in [0.4, 0.5) is 11.4 Å². The number of carbonyl (C=O) groups is 1. The second-order valence-corrected chi connectivity index (χ2v) is 9.48. The second kappa shape index (κ2) is 6.46. The summed E-state index contributed by atoms with van der Waals surface area (Å²) in [5.41, 5.74) is 3.32. The zero-order valence-electron chi connectivity index (χ0n) is 13.8. The van der Waals surface area contributed by atoms with Gasteiger partial charge in [0.2, 0.25) is 10.0 Å². The van der Waals surface area contributed by atoms with Crippen LogP contribution in [-0.2, 0) is 22.9 Å². The van der Waals surface area contributed by atoms with Gasteiger partial charge in [-0.25, -0.2) is 8.42 Å². The van der Waals surface area contributed by atoms with Gasteiger partial charge in [0.15, 0.2) is 0 Å². The van der Waals surface area contributed by atoms with Gasteiger partial charge < -0.3 is 5.32 Å². The molecule has 0 atom stereocenters. The fraction of sp³-hybridized carbons (Fsp3) is 0.389. The molecule has 1 saturated heterocycles. The Kier molecular flexibility index (Phi) is 4.29. The molecule has 1 amide bonds. The highest BCUT2D eigenvalue weighted by Crippen LogP contribution is 2.31. The topological polar surface area (TPSA) is 66.5 Å². The third-order valence-electron chi connectivity index (χ3n) is 4.82. The van der Waals surface area contributed by atoms with Crippen LogP contribution in [0.25, 0.3) is 0 Å². The van der Waals surface area contributed by atoms with Gasteiger partial charge in [0.25, 0.3) is 5.91 Å². The van der Waals surface area contributed by atoms with Crippen molar-refractivity contribution in [2.75, 3.05) is 21.9 Å². The number of nitrogens with one attached hydrogen (secondary N) is 1. The van der Waals surface area contributed by atoms with Crippen LogP contribution in [-0.4, -0.2) is 26.6 Å². The number of amides is 1. The van der Waals surface area contributed by atoms with Crippen LogP contribution in [0, 0.1) is 0 Å². The molecule has 0 spiro atoms. The molecule has 1 aliphatic heterocycles. The number of hydrogen-bond donors (Lipinski definition) is 1. The van der Waals surface area contributed by atoms with Crippen molar-refractivity contribution >= 4 is 38.6 Å². The average molecular weight is 377 g/mol. The maximum Gasteiger partial charge on any atom is 0.256 e. The van der Waals surface area contributed by atoms with E-state index in [0.717, 1.165) is 24.8 Å². The van der Waals surface area contributed by atoms with E-state index in [0.29, 0.717) is 24.3 Å². The van der Waals surface area contributed by atoms with E-state index in [-0.39, 0.29) is 11.7 Å². The molecule has 1 fully saturated rings. The first-order valence-electron chi connectivity index (χ1n) is 8.56. The highest BCUT2D eigenvalue weighted by Gasteiger charge is 2.28. The first-order chi connectivity index (χ1) is 12.0.